The van der Waals surface area contributed by atoms with Gasteiger partial charge in [0.25, 0.3) is 0 Å². The normalized spacial score (nSPS) is 21.5. The van der Waals surface area contributed by atoms with E-state index in [1.165, 1.54) is 24.8 Å². The lowest BCUT2D eigenvalue weighted by molar-refractivity contribution is -0.141. The van der Waals surface area contributed by atoms with Crippen molar-refractivity contribution >= 4 is 12.0 Å². The highest BCUT2D eigenvalue weighted by Gasteiger charge is 2.30. The van der Waals surface area contributed by atoms with E-state index >= 15 is 0 Å². The van der Waals surface area contributed by atoms with Gasteiger partial charge in [0.15, 0.2) is 0 Å². The molecule has 22 heavy (non-hydrogen) atoms. The van der Waals surface area contributed by atoms with Gasteiger partial charge in [-0.15, -0.1) is 0 Å². The number of urea groups is 1. The molecule has 2 N–H and O–H groups in total. The molecule has 1 aromatic rings. The molecular weight excluding hydrogens is 280 g/mol. The van der Waals surface area contributed by atoms with Crippen LogP contribution < -0.4 is 5.32 Å². The molecule has 0 spiro atoms. The van der Waals surface area contributed by atoms with Crippen molar-refractivity contribution in [3.63, 3.8) is 0 Å². The maximum atomic E-state index is 12.0. The van der Waals surface area contributed by atoms with E-state index in [0.717, 1.165) is 11.5 Å². The van der Waals surface area contributed by atoms with Crippen LogP contribution in [0.5, 0.6) is 0 Å². The lowest BCUT2D eigenvalue weighted by atomic mass is 9.80. The summed E-state index contributed by atoms with van der Waals surface area (Å²) in [6.07, 6.45) is 4.44. The maximum absolute atomic E-state index is 12.0. The Morgan fingerprint density at radius 2 is 1.91 bits per heavy atom. The van der Waals surface area contributed by atoms with Gasteiger partial charge in [0.2, 0.25) is 0 Å². The second kappa shape index (κ2) is 6.38. The molecule has 1 aliphatic heterocycles. The average Bonchev–Trinajstić information content (AvgIpc) is 2.94. The predicted octanol–water partition coefficient (Wildman–Crippen LogP) is 2.57. The van der Waals surface area contributed by atoms with Gasteiger partial charge in [-0.2, -0.15) is 0 Å². The first-order chi connectivity index (χ1) is 10.6. The van der Waals surface area contributed by atoms with Gasteiger partial charge in [-0.1, -0.05) is 30.7 Å². The van der Waals surface area contributed by atoms with Crippen LogP contribution in [-0.4, -0.2) is 35.1 Å². The molecule has 1 unspecified atom stereocenters. The number of carbonyl (C=O) groups excluding carboxylic acids is 1. The van der Waals surface area contributed by atoms with Crippen molar-refractivity contribution < 1.29 is 14.7 Å². The summed E-state index contributed by atoms with van der Waals surface area (Å²) in [5.74, 6) is -0.518. The minimum atomic E-state index is -0.818. The van der Waals surface area contributed by atoms with Crippen LogP contribution in [0.4, 0.5) is 4.79 Å². The lowest BCUT2D eigenvalue weighted by Crippen LogP contribution is -2.38. The first-order valence-electron chi connectivity index (χ1n) is 7.98. The van der Waals surface area contributed by atoms with Gasteiger partial charge in [0, 0.05) is 19.6 Å². The van der Waals surface area contributed by atoms with Gasteiger partial charge in [0.05, 0.1) is 5.92 Å². The zero-order chi connectivity index (χ0) is 15.5. The molecule has 1 atom stereocenters. The standard InChI is InChI=1S/C17H22N2O3/c20-16(21)15-8-9-19(11-15)17(22)18-10-12-4-6-14(7-5-12)13-2-1-3-13/h4-7,13,15H,1-3,8-11H2,(H,18,22)(H,20,21). The van der Waals surface area contributed by atoms with Crippen LogP contribution in [0.1, 0.15) is 42.7 Å². The number of hydrogen-bond donors (Lipinski definition) is 2. The second-order valence-corrected chi connectivity index (χ2v) is 6.30. The van der Waals surface area contributed by atoms with Gasteiger partial charge in [-0.05, 0) is 36.3 Å². The highest BCUT2D eigenvalue weighted by atomic mass is 16.4. The summed E-state index contributed by atoms with van der Waals surface area (Å²) in [4.78, 5) is 24.5. The third kappa shape index (κ3) is 3.24. The number of carboxylic acid groups (broad SMARTS) is 1. The van der Waals surface area contributed by atoms with E-state index in [-0.39, 0.29) is 6.03 Å². The fourth-order valence-electron chi connectivity index (χ4n) is 3.09. The first kappa shape index (κ1) is 14.9. The molecule has 2 aliphatic rings. The predicted molar refractivity (Wildman–Crippen MR) is 82.6 cm³/mol. The zero-order valence-electron chi connectivity index (χ0n) is 12.6. The maximum Gasteiger partial charge on any atom is 0.317 e. The van der Waals surface area contributed by atoms with E-state index in [1.54, 1.807) is 4.90 Å². The molecule has 1 saturated carbocycles. The summed E-state index contributed by atoms with van der Waals surface area (Å²) >= 11 is 0. The second-order valence-electron chi connectivity index (χ2n) is 6.30. The molecule has 1 saturated heterocycles. The van der Waals surface area contributed by atoms with Crippen molar-refractivity contribution in [3.05, 3.63) is 35.4 Å². The minimum Gasteiger partial charge on any atom is -0.481 e. The summed E-state index contributed by atoms with van der Waals surface area (Å²) in [6, 6.07) is 8.27. The van der Waals surface area contributed by atoms with Crippen molar-refractivity contribution in [1.29, 1.82) is 0 Å². The highest BCUT2D eigenvalue weighted by molar-refractivity contribution is 5.77. The molecule has 118 valence electrons. The number of nitrogens with one attached hydrogen (secondary N) is 1. The van der Waals surface area contributed by atoms with E-state index in [9.17, 15) is 9.59 Å². The van der Waals surface area contributed by atoms with Crippen molar-refractivity contribution in [2.75, 3.05) is 13.1 Å². The summed E-state index contributed by atoms with van der Waals surface area (Å²) < 4.78 is 0. The Bertz CT molecular complexity index is 552. The van der Waals surface area contributed by atoms with E-state index in [4.69, 9.17) is 5.11 Å². The summed E-state index contributed by atoms with van der Waals surface area (Å²) in [5.41, 5.74) is 2.47. The van der Waals surface area contributed by atoms with Crippen LogP contribution >= 0.6 is 0 Å². The third-order valence-electron chi connectivity index (χ3n) is 4.82. The van der Waals surface area contributed by atoms with Crippen molar-refractivity contribution in [1.82, 2.24) is 10.2 Å². The Balaban J connectivity index is 1.47. The van der Waals surface area contributed by atoms with Crippen LogP contribution in [0.15, 0.2) is 24.3 Å². The fraction of sp³-hybridized carbons (Fsp3) is 0.529. The molecule has 1 heterocycles. The van der Waals surface area contributed by atoms with E-state index in [0.29, 0.717) is 26.1 Å². The Morgan fingerprint density at radius 1 is 1.18 bits per heavy atom. The van der Waals surface area contributed by atoms with Crippen molar-refractivity contribution in [2.24, 2.45) is 5.92 Å². The molecule has 1 aromatic carbocycles. The van der Waals surface area contributed by atoms with Gasteiger partial charge in [0.1, 0.15) is 0 Å². The van der Waals surface area contributed by atoms with Crippen LogP contribution in [-0.2, 0) is 11.3 Å². The molecule has 5 nitrogen and oxygen atoms in total. The quantitative estimate of drug-likeness (QED) is 0.898. The molecule has 1 aliphatic carbocycles. The monoisotopic (exact) mass is 302 g/mol. The molecular formula is C17H22N2O3. The van der Waals surface area contributed by atoms with Crippen molar-refractivity contribution in [3.8, 4) is 0 Å². The Kier molecular flexibility index (Phi) is 4.32. The highest BCUT2D eigenvalue weighted by Crippen LogP contribution is 2.36. The van der Waals surface area contributed by atoms with Crippen LogP contribution in [0, 0.1) is 5.92 Å². The fourth-order valence-corrected chi connectivity index (χ4v) is 3.09. The van der Waals surface area contributed by atoms with Crippen molar-refractivity contribution in [2.45, 2.75) is 38.1 Å². The largest absolute Gasteiger partial charge is 0.481 e. The summed E-state index contributed by atoms with van der Waals surface area (Å²) in [5, 5.41) is 11.8. The Labute approximate surface area is 130 Å². The molecule has 0 aromatic heterocycles. The van der Waals surface area contributed by atoms with E-state index < -0.39 is 11.9 Å². The number of likely N-dealkylation sites (tertiary alicyclic amines) is 1. The molecule has 2 amide bonds. The third-order valence-corrected chi connectivity index (χ3v) is 4.82. The number of nitrogens with zero attached hydrogens (tertiary/aromatic N) is 1. The Hall–Kier alpha value is -2.04. The molecule has 0 radical (unpaired) electrons. The number of rotatable bonds is 4. The smallest absolute Gasteiger partial charge is 0.317 e. The lowest BCUT2D eigenvalue weighted by Gasteiger charge is -2.25. The molecule has 0 bridgehead atoms. The molecule has 5 heteroatoms. The van der Waals surface area contributed by atoms with E-state index in [2.05, 4.69) is 29.6 Å². The van der Waals surface area contributed by atoms with Gasteiger partial charge < -0.3 is 15.3 Å². The first-order valence-corrected chi connectivity index (χ1v) is 7.98. The van der Waals surface area contributed by atoms with E-state index in [1.807, 2.05) is 0 Å². The SMILES string of the molecule is O=C(O)C1CCN(C(=O)NCc2ccc(C3CCC3)cc2)C1. The van der Waals surface area contributed by atoms with Crippen LogP contribution in [0.25, 0.3) is 0 Å². The number of hydrogen-bond acceptors (Lipinski definition) is 2. The summed E-state index contributed by atoms with van der Waals surface area (Å²) in [6.45, 7) is 1.31. The van der Waals surface area contributed by atoms with Crippen LogP contribution in [0.3, 0.4) is 0 Å². The van der Waals surface area contributed by atoms with Crippen LogP contribution in [0.2, 0.25) is 0 Å². The average molecular weight is 302 g/mol. The topological polar surface area (TPSA) is 69.6 Å². The van der Waals surface area contributed by atoms with Gasteiger partial charge in [-0.25, -0.2) is 4.79 Å². The number of aliphatic carboxylic acids is 1. The number of amides is 2. The zero-order valence-corrected chi connectivity index (χ0v) is 12.6. The minimum absolute atomic E-state index is 0.174. The molecule has 2 fully saturated rings. The Morgan fingerprint density at radius 3 is 2.45 bits per heavy atom. The van der Waals surface area contributed by atoms with Gasteiger partial charge >= 0.3 is 12.0 Å². The number of carbonyl (C=O) groups is 2. The van der Waals surface area contributed by atoms with Gasteiger partial charge in [-0.3, -0.25) is 4.79 Å². The molecule has 3 rings (SSSR count). The number of carboxylic acids is 1. The summed E-state index contributed by atoms with van der Waals surface area (Å²) in [7, 11) is 0. The number of benzene rings is 1.